The molecule has 9 heteroatoms. The Morgan fingerprint density at radius 3 is 2.79 bits per heavy atom. The Balaban J connectivity index is 1.57. The van der Waals surface area contributed by atoms with E-state index in [-0.39, 0.29) is 9.90 Å². The van der Waals surface area contributed by atoms with Crippen LogP contribution in [0.3, 0.4) is 0 Å². The van der Waals surface area contributed by atoms with Crippen molar-refractivity contribution in [1.82, 2.24) is 4.98 Å². The molecule has 0 atom stereocenters. The van der Waals surface area contributed by atoms with E-state index >= 15 is 0 Å². The van der Waals surface area contributed by atoms with Crippen molar-refractivity contribution >= 4 is 38.6 Å². The van der Waals surface area contributed by atoms with E-state index < -0.39 is 10.0 Å². The summed E-state index contributed by atoms with van der Waals surface area (Å²) in [5.41, 5.74) is 0.285. The van der Waals surface area contributed by atoms with Gasteiger partial charge < -0.3 is 9.15 Å². The Labute approximate surface area is 172 Å². The normalized spacial score (nSPS) is 15.1. The minimum absolute atomic E-state index is 0.170. The number of aromatic nitrogens is 1. The van der Waals surface area contributed by atoms with E-state index in [0.29, 0.717) is 22.5 Å². The first kappa shape index (κ1) is 19.3. The monoisotopic (exact) mass is 438 g/mol. The van der Waals surface area contributed by atoms with E-state index in [2.05, 4.69) is 9.71 Å². The van der Waals surface area contributed by atoms with Gasteiger partial charge in [-0.25, -0.2) is 13.4 Å². The third-order valence-electron chi connectivity index (χ3n) is 4.72. The molecule has 2 aromatic heterocycles. The topological polar surface area (TPSA) is 81.4 Å². The minimum atomic E-state index is -3.79. The summed E-state index contributed by atoms with van der Waals surface area (Å²) in [5, 5.41) is 0.409. The molecular weight excluding hydrogens is 420 g/mol. The van der Waals surface area contributed by atoms with Crippen molar-refractivity contribution in [3.63, 3.8) is 0 Å². The molecule has 1 N–H and O–H groups in total. The molecule has 1 fully saturated rings. The first-order chi connectivity index (χ1) is 13.5. The molecular formula is C19H19ClN2O4S2. The number of thiophene rings is 1. The van der Waals surface area contributed by atoms with Crippen LogP contribution in [-0.2, 0) is 10.0 Å². The predicted octanol–water partition coefficient (Wildman–Crippen LogP) is 5.52. The zero-order valence-corrected chi connectivity index (χ0v) is 17.5. The first-order valence-electron chi connectivity index (χ1n) is 8.88. The van der Waals surface area contributed by atoms with Gasteiger partial charge in [-0.05, 0) is 43.2 Å². The SMILES string of the molecule is COc1ccc(Cl)cc1NS(=O)(=O)c1ccc(-c2cnc(C3CCCC3)o2)s1. The van der Waals surface area contributed by atoms with Crippen LogP contribution in [0.1, 0.15) is 37.5 Å². The average molecular weight is 439 g/mol. The third-order valence-corrected chi connectivity index (χ3v) is 7.92. The molecule has 0 saturated heterocycles. The maximum atomic E-state index is 12.8. The lowest BCUT2D eigenvalue weighted by molar-refractivity contribution is 0.417. The van der Waals surface area contributed by atoms with Crippen molar-refractivity contribution in [2.24, 2.45) is 0 Å². The van der Waals surface area contributed by atoms with Crippen molar-refractivity contribution in [2.45, 2.75) is 35.8 Å². The smallest absolute Gasteiger partial charge is 0.271 e. The number of oxazole rings is 1. The minimum Gasteiger partial charge on any atom is -0.495 e. The summed E-state index contributed by atoms with van der Waals surface area (Å²) in [4.78, 5) is 5.11. The van der Waals surface area contributed by atoms with E-state index in [1.807, 2.05) is 0 Å². The lowest BCUT2D eigenvalue weighted by atomic mass is 10.1. The highest BCUT2D eigenvalue weighted by atomic mass is 35.5. The largest absolute Gasteiger partial charge is 0.495 e. The van der Waals surface area contributed by atoms with Crippen LogP contribution in [0.15, 0.2) is 45.2 Å². The molecule has 1 aromatic carbocycles. The van der Waals surface area contributed by atoms with Gasteiger partial charge >= 0.3 is 0 Å². The molecule has 1 aliphatic rings. The molecule has 0 amide bonds. The summed E-state index contributed by atoms with van der Waals surface area (Å²) in [6.45, 7) is 0. The van der Waals surface area contributed by atoms with Crippen LogP contribution >= 0.6 is 22.9 Å². The van der Waals surface area contributed by atoms with Crippen LogP contribution in [0, 0.1) is 0 Å². The van der Waals surface area contributed by atoms with Gasteiger partial charge in [0.05, 0.1) is 23.9 Å². The van der Waals surface area contributed by atoms with Crippen LogP contribution < -0.4 is 9.46 Å². The lowest BCUT2D eigenvalue weighted by Crippen LogP contribution is -2.12. The van der Waals surface area contributed by atoms with Crippen molar-refractivity contribution < 1.29 is 17.6 Å². The number of halogens is 1. The van der Waals surface area contributed by atoms with Crippen molar-refractivity contribution in [2.75, 3.05) is 11.8 Å². The van der Waals surface area contributed by atoms with Crippen molar-refractivity contribution in [3.05, 3.63) is 47.4 Å². The standard InChI is InChI=1S/C19H19ClN2O4S2/c1-25-15-7-6-13(20)10-14(15)22-28(23,24)18-9-8-17(27-18)16-11-21-19(26-16)12-4-2-3-5-12/h6-12,22H,2-5H2,1H3. The molecule has 0 radical (unpaired) electrons. The molecule has 2 heterocycles. The second-order valence-corrected chi connectivity index (χ2v) is 10.0. The summed E-state index contributed by atoms with van der Waals surface area (Å²) in [6, 6.07) is 8.04. The average Bonchev–Trinajstić information content (AvgIpc) is 3.40. The highest BCUT2D eigenvalue weighted by Gasteiger charge is 2.24. The highest BCUT2D eigenvalue weighted by molar-refractivity contribution is 7.94. The Kier molecular flexibility index (Phi) is 5.35. The Morgan fingerprint density at radius 1 is 1.25 bits per heavy atom. The number of benzene rings is 1. The quantitative estimate of drug-likeness (QED) is 0.547. The molecule has 28 heavy (non-hydrogen) atoms. The first-order valence-corrected chi connectivity index (χ1v) is 11.6. The maximum Gasteiger partial charge on any atom is 0.271 e. The molecule has 148 valence electrons. The number of sulfonamides is 1. The van der Waals surface area contributed by atoms with Crippen molar-refractivity contribution in [1.29, 1.82) is 0 Å². The number of methoxy groups -OCH3 is 1. The van der Waals surface area contributed by atoms with Gasteiger partial charge in [-0.2, -0.15) is 0 Å². The van der Waals surface area contributed by atoms with Crippen LogP contribution in [0.2, 0.25) is 5.02 Å². The summed E-state index contributed by atoms with van der Waals surface area (Å²) < 4.78 is 39.4. The summed E-state index contributed by atoms with van der Waals surface area (Å²) in [5.74, 6) is 2.09. The number of hydrogen-bond acceptors (Lipinski definition) is 6. The summed E-state index contributed by atoms with van der Waals surface area (Å²) in [6.07, 6.45) is 6.25. The van der Waals surface area contributed by atoms with E-state index in [9.17, 15) is 8.42 Å². The van der Waals surface area contributed by atoms with Crippen LogP contribution in [0.5, 0.6) is 5.75 Å². The molecule has 1 saturated carbocycles. The van der Waals surface area contributed by atoms with E-state index in [0.717, 1.165) is 34.9 Å². The fourth-order valence-corrected chi connectivity index (χ4v) is 5.80. The second-order valence-electron chi connectivity index (χ2n) is 6.61. The summed E-state index contributed by atoms with van der Waals surface area (Å²) in [7, 11) is -2.32. The van der Waals surface area contributed by atoms with E-state index in [1.165, 1.54) is 26.0 Å². The van der Waals surface area contributed by atoms with Gasteiger partial charge in [0, 0.05) is 10.9 Å². The molecule has 6 nitrogen and oxygen atoms in total. The van der Waals surface area contributed by atoms with Gasteiger partial charge in [0.1, 0.15) is 9.96 Å². The number of anilines is 1. The van der Waals surface area contributed by atoms with Gasteiger partial charge in [-0.15, -0.1) is 11.3 Å². The third kappa shape index (κ3) is 3.90. The molecule has 4 rings (SSSR count). The zero-order chi connectivity index (χ0) is 19.7. The van der Waals surface area contributed by atoms with Crippen molar-refractivity contribution in [3.8, 4) is 16.4 Å². The highest BCUT2D eigenvalue weighted by Crippen LogP contribution is 2.38. The number of hydrogen-bond donors (Lipinski definition) is 1. The number of nitrogens with one attached hydrogen (secondary N) is 1. The fraction of sp³-hybridized carbons (Fsp3) is 0.316. The van der Waals surface area contributed by atoms with E-state index in [4.69, 9.17) is 20.8 Å². The molecule has 0 aliphatic heterocycles. The van der Waals surface area contributed by atoms with E-state index in [1.54, 1.807) is 30.5 Å². The molecule has 3 aromatic rings. The molecule has 0 bridgehead atoms. The van der Waals surface area contributed by atoms with Crippen LogP contribution in [0.25, 0.3) is 10.6 Å². The molecule has 0 spiro atoms. The maximum absolute atomic E-state index is 12.8. The second kappa shape index (κ2) is 7.77. The molecule has 0 unspecified atom stereocenters. The zero-order valence-electron chi connectivity index (χ0n) is 15.1. The Hall–Kier alpha value is -2.03. The van der Waals surface area contributed by atoms with Crippen LogP contribution in [-0.4, -0.2) is 20.5 Å². The number of ether oxygens (including phenoxy) is 1. The number of rotatable bonds is 6. The Bertz CT molecular complexity index is 1090. The summed E-state index contributed by atoms with van der Waals surface area (Å²) >= 11 is 7.11. The lowest BCUT2D eigenvalue weighted by Gasteiger charge is -2.11. The fourth-order valence-electron chi connectivity index (χ4n) is 3.32. The number of nitrogens with zero attached hydrogens (tertiary/aromatic N) is 1. The predicted molar refractivity (Wildman–Crippen MR) is 110 cm³/mol. The van der Waals surface area contributed by atoms with Gasteiger partial charge in [0.2, 0.25) is 0 Å². The van der Waals surface area contributed by atoms with Gasteiger partial charge in [0.15, 0.2) is 11.7 Å². The van der Waals surface area contributed by atoms with Crippen LogP contribution in [0.4, 0.5) is 5.69 Å². The Morgan fingerprint density at radius 2 is 2.04 bits per heavy atom. The van der Waals surface area contributed by atoms with Gasteiger partial charge in [-0.1, -0.05) is 24.4 Å². The van der Waals surface area contributed by atoms with Gasteiger partial charge in [-0.3, -0.25) is 4.72 Å². The van der Waals surface area contributed by atoms with Gasteiger partial charge in [0.25, 0.3) is 10.0 Å². The molecule has 1 aliphatic carbocycles.